The van der Waals surface area contributed by atoms with Gasteiger partial charge in [-0.1, -0.05) is 25.1 Å². The summed E-state index contributed by atoms with van der Waals surface area (Å²) >= 11 is 0. The molecule has 0 aliphatic heterocycles. The molecule has 0 aliphatic carbocycles. The van der Waals surface area contributed by atoms with Gasteiger partial charge in [-0.2, -0.15) is 0 Å². The van der Waals surface area contributed by atoms with E-state index in [0.717, 1.165) is 12.0 Å². The van der Waals surface area contributed by atoms with Crippen molar-refractivity contribution in [1.82, 2.24) is 0 Å². The highest BCUT2D eigenvalue weighted by molar-refractivity contribution is 6.04. The Morgan fingerprint density at radius 3 is 2.09 bits per heavy atom. The van der Waals surface area contributed by atoms with Crippen LogP contribution in [0.25, 0.3) is 0 Å². The summed E-state index contributed by atoms with van der Waals surface area (Å²) in [6.45, 7) is 3.81. The zero-order valence-corrected chi connectivity index (χ0v) is 19.0. The molecule has 0 spiro atoms. The fourth-order valence-corrected chi connectivity index (χ4v) is 3.04. The van der Waals surface area contributed by atoms with Crippen molar-refractivity contribution in [3.05, 3.63) is 83.9 Å². The molecule has 8 nitrogen and oxygen atoms in total. The predicted octanol–water partition coefficient (Wildman–Crippen LogP) is 5.05. The monoisotopic (exact) mass is 462 g/mol. The van der Waals surface area contributed by atoms with Crippen LogP contribution in [0.5, 0.6) is 11.5 Å². The number of aryl methyl sites for hydroxylation is 1. The van der Waals surface area contributed by atoms with Crippen LogP contribution < -0.4 is 20.1 Å². The van der Waals surface area contributed by atoms with Gasteiger partial charge in [-0.25, -0.2) is 4.79 Å². The van der Waals surface area contributed by atoms with Crippen molar-refractivity contribution in [2.75, 3.05) is 23.8 Å². The minimum absolute atomic E-state index is 0.106. The molecule has 2 N–H and O–H groups in total. The van der Waals surface area contributed by atoms with Gasteiger partial charge in [-0.15, -0.1) is 0 Å². The molecule has 3 rings (SSSR count). The molecule has 0 radical (unpaired) electrons. The topological polar surface area (TPSA) is 103 Å². The third kappa shape index (κ3) is 7.09. The average molecular weight is 463 g/mol. The molecule has 0 saturated carbocycles. The highest BCUT2D eigenvalue weighted by Gasteiger charge is 2.10. The lowest BCUT2D eigenvalue weighted by Gasteiger charge is -2.11. The molecule has 0 bridgehead atoms. The van der Waals surface area contributed by atoms with Crippen molar-refractivity contribution in [3.8, 4) is 11.5 Å². The summed E-state index contributed by atoms with van der Waals surface area (Å²) in [6.07, 6.45) is 0.0143. The average Bonchev–Trinajstić information content (AvgIpc) is 2.84. The van der Waals surface area contributed by atoms with Crippen LogP contribution in [0.3, 0.4) is 0 Å². The van der Waals surface area contributed by atoms with Crippen molar-refractivity contribution < 1.29 is 28.6 Å². The van der Waals surface area contributed by atoms with Crippen molar-refractivity contribution in [2.24, 2.45) is 0 Å². The first kappa shape index (κ1) is 24.3. The lowest BCUT2D eigenvalue weighted by molar-refractivity contribution is -0.118. The van der Waals surface area contributed by atoms with Gasteiger partial charge in [0.05, 0.1) is 6.61 Å². The standard InChI is InChI=1S/C26H26N2O6/c1-3-18-7-5-6-8-23(18)33-17-24(29)27-20-11-13-21(14-12-20)28-25(30)19-9-15-22(16-10-19)34-26(31)32-4-2/h5-16H,3-4,17H2,1-2H3,(H,27,29)(H,28,30). The van der Waals surface area contributed by atoms with Gasteiger partial charge in [-0.05, 0) is 73.5 Å². The first-order valence-electron chi connectivity index (χ1n) is 10.8. The second-order valence-electron chi connectivity index (χ2n) is 7.14. The van der Waals surface area contributed by atoms with Crippen molar-refractivity contribution in [1.29, 1.82) is 0 Å². The van der Waals surface area contributed by atoms with Crippen LogP contribution in [-0.4, -0.2) is 31.2 Å². The van der Waals surface area contributed by atoms with Crippen LogP contribution in [0.2, 0.25) is 0 Å². The van der Waals surface area contributed by atoms with Crippen LogP contribution in [0.4, 0.5) is 16.2 Å². The van der Waals surface area contributed by atoms with Gasteiger partial charge < -0.3 is 24.8 Å². The van der Waals surface area contributed by atoms with E-state index in [0.29, 0.717) is 22.7 Å². The first-order chi connectivity index (χ1) is 16.5. The molecule has 176 valence electrons. The molecule has 0 saturated heterocycles. The van der Waals surface area contributed by atoms with Crippen LogP contribution in [0.1, 0.15) is 29.8 Å². The van der Waals surface area contributed by atoms with Crippen LogP contribution in [0.15, 0.2) is 72.8 Å². The SMILES string of the molecule is CCOC(=O)Oc1ccc(C(=O)Nc2ccc(NC(=O)COc3ccccc3CC)cc2)cc1. The molecule has 3 aromatic carbocycles. The van der Waals surface area contributed by atoms with Gasteiger partial charge >= 0.3 is 6.16 Å². The maximum atomic E-state index is 12.5. The van der Waals surface area contributed by atoms with Crippen molar-refractivity contribution in [3.63, 3.8) is 0 Å². The summed E-state index contributed by atoms with van der Waals surface area (Å²) in [6, 6.07) is 20.4. The van der Waals surface area contributed by atoms with E-state index in [1.54, 1.807) is 31.2 Å². The zero-order valence-electron chi connectivity index (χ0n) is 19.0. The summed E-state index contributed by atoms with van der Waals surface area (Å²) in [4.78, 5) is 36.0. The number of para-hydroxylation sites is 1. The summed E-state index contributed by atoms with van der Waals surface area (Å²) in [5.41, 5.74) is 2.56. The Balaban J connectivity index is 1.49. The van der Waals surface area contributed by atoms with Crippen molar-refractivity contribution >= 4 is 29.3 Å². The normalized spacial score (nSPS) is 10.2. The van der Waals surface area contributed by atoms with E-state index in [9.17, 15) is 14.4 Å². The number of anilines is 2. The molecular weight excluding hydrogens is 436 g/mol. The molecule has 0 heterocycles. The molecule has 34 heavy (non-hydrogen) atoms. The Morgan fingerprint density at radius 1 is 0.794 bits per heavy atom. The van der Waals surface area contributed by atoms with Gasteiger partial charge in [0.1, 0.15) is 11.5 Å². The maximum absolute atomic E-state index is 12.5. The van der Waals surface area contributed by atoms with Crippen LogP contribution >= 0.6 is 0 Å². The molecule has 0 atom stereocenters. The van der Waals surface area contributed by atoms with E-state index >= 15 is 0 Å². The lowest BCUT2D eigenvalue weighted by atomic mass is 10.1. The number of carbonyl (C=O) groups excluding carboxylic acids is 3. The maximum Gasteiger partial charge on any atom is 0.513 e. The quantitative estimate of drug-likeness (QED) is 0.341. The van der Waals surface area contributed by atoms with Crippen molar-refractivity contribution in [2.45, 2.75) is 20.3 Å². The molecule has 0 aromatic heterocycles. The number of rotatable bonds is 9. The minimum Gasteiger partial charge on any atom is -0.483 e. The Bertz CT molecular complexity index is 1130. The van der Waals surface area contributed by atoms with E-state index in [1.807, 2.05) is 31.2 Å². The predicted molar refractivity (Wildman–Crippen MR) is 128 cm³/mol. The van der Waals surface area contributed by atoms with Crippen LogP contribution in [-0.2, 0) is 16.0 Å². The molecule has 2 amide bonds. The number of amides is 2. The molecule has 0 fully saturated rings. The third-order valence-electron chi connectivity index (χ3n) is 4.72. The smallest absolute Gasteiger partial charge is 0.483 e. The second kappa shape index (κ2) is 12.1. The largest absolute Gasteiger partial charge is 0.513 e. The molecule has 3 aromatic rings. The first-order valence-corrected chi connectivity index (χ1v) is 10.8. The van der Waals surface area contributed by atoms with Gasteiger partial charge in [0.2, 0.25) is 0 Å². The van der Waals surface area contributed by atoms with E-state index in [4.69, 9.17) is 14.2 Å². The molecule has 0 aliphatic rings. The second-order valence-corrected chi connectivity index (χ2v) is 7.14. The highest BCUT2D eigenvalue weighted by Crippen LogP contribution is 2.19. The van der Waals surface area contributed by atoms with E-state index < -0.39 is 6.16 Å². The summed E-state index contributed by atoms with van der Waals surface area (Å²) in [5.74, 6) is 0.353. The number of hydrogen-bond donors (Lipinski definition) is 2. The summed E-state index contributed by atoms with van der Waals surface area (Å²) in [5, 5.41) is 5.53. The fourth-order valence-electron chi connectivity index (χ4n) is 3.04. The minimum atomic E-state index is -0.802. The summed E-state index contributed by atoms with van der Waals surface area (Å²) < 4.78 is 15.3. The van der Waals surface area contributed by atoms with E-state index in [1.165, 1.54) is 24.3 Å². The number of nitrogens with one attached hydrogen (secondary N) is 2. The number of ether oxygens (including phenoxy) is 3. The van der Waals surface area contributed by atoms with Gasteiger partial charge in [0.15, 0.2) is 6.61 Å². The lowest BCUT2D eigenvalue weighted by Crippen LogP contribution is -2.20. The Kier molecular flexibility index (Phi) is 8.62. The van der Waals surface area contributed by atoms with Crippen LogP contribution in [0, 0.1) is 0 Å². The summed E-state index contributed by atoms with van der Waals surface area (Å²) in [7, 11) is 0. The van der Waals surface area contributed by atoms with E-state index in [2.05, 4.69) is 10.6 Å². The Morgan fingerprint density at radius 2 is 1.44 bits per heavy atom. The molecule has 0 unspecified atom stereocenters. The number of hydrogen-bond acceptors (Lipinski definition) is 6. The number of carbonyl (C=O) groups is 3. The highest BCUT2D eigenvalue weighted by atomic mass is 16.7. The fraction of sp³-hybridized carbons (Fsp3) is 0.192. The Labute approximate surface area is 197 Å². The zero-order chi connectivity index (χ0) is 24.3. The van der Waals surface area contributed by atoms with E-state index in [-0.39, 0.29) is 30.8 Å². The molecular formula is C26H26N2O6. The number of benzene rings is 3. The third-order valence-corrected chi connectivity index (χ3v) is 4.72. The van der Waals surface area contributed by atoms with Gasteiger partial charge in [0, 0.05) is 16.9 Å². The Hall–Kier alpha value is -4.33. The van der Waals surface area contributed by atoms with Gasteiger partial charge in [-0.3, -0.25) is 9.59 Å². The van der Waals surface area contributed by atoms with Gasteiger partial charge in [0.25, 0.3) is 11.8 Å². The molecule has 8 heteroatoms.